The third-order valence-electron chi connectivity index (χ3n) is 4.00. The van der Waals surface area contributed by atoms with Crippen molar-refractivity contribution in [1.82, 2.24) is 9.88 Å². The van der Waals surface area contributed by atoms with E-state index >= 15 is 0 Å². The minimum Gasteiger partial charge on any atom is -0.386 e. The van der Waals surface area contributed by atoms with Crippen molar-refractivity contribution < 1.29 is 14.3 Å². The minimum absolute atomic E-state index is 0.203. The molecule has 4 nitrogen and oxygen atoms in total. The number of benzene rings is 1. The van der Waals surface area contributed by atoms with Gasteiger partial charge in [0.1, 0.15) is 11.5 Å². The van der Waals surface area contributed by atoms with Gasteiger partial charge in [-0.15, -0.1) is 0 Å². The Morgan fingerprint density at radius 3 is 2.64 bits per heavy atom. The summed E-state index contributed by atoms with van der Waals surface area (Å²) in [6.07, 6.45) is 3.23. The lowest BCUT2D eigenvalue weighted by Gasteiger charge is -2.21. The molecule has 2 aromatic rings. The maximum Gasteiger partial charge on any atom is 0.268 e. The summed E-state index contributed by atoms with van der Waals surface area (Å²) in [5.41, 5.74) is 1.19. The Labute approximate surface area is 128 Å². The Morgan fingerprint density at radius 1 is 1.32 bits per heavy atom. The van der Waals surface area contributed by atoms with Gasteiger partial charge in [-0.05, 0) is 49.6 Å². The monoisotopic (exact) mass is 302 g/mol. The van der Waals surface area contributed by atoms with E-state index in [2.05, 4.69) is 5.32 Å². The van der Waals surface area contributed by atoms with Gasteiger partial charge in [0.2, 0.25) is 0 Å². The van der Waals surface area contributed by atoms with Crippen LogP contribution in [0.25, 0.3) is 0 Å². The number of nitrogens with zero attached hydrogens (tertiary/aromatic N) is 1. The van der Waals surface area contributed by atoms with E-state index in [1.807, 2.05) is 16.8 Å². The van der Waals surface area contributed by atoms with Crippen LogP contribution in [-0.2, 0) is 0 Å². The molecule has 0 aliphatic heterocycles. The maximum atomic E-state index is 12.9. The van der Waals surface area contributed by atoms with Gasteiger partial charge in [0.05, 0.1) is 12.1 Å². The van der Waals surface area contributed by atoms with Crippen molar-refractivity contribution in [2.75, 3.05) is 0 Å². The van der Waals surface area contributed by atoms with E-state index in [0.717, 1.165) is 12.8 Å². The van der Waals surface area contributed by atoms with E-state index < -0.39 is 12.1 Å². The van der Waals surface area contributed by atoms with E-state index in [0.29, 0.717) is 17.3 Å². The number of carbonyl (C=O) groups is 1. The number of carbonyl (C=O) groups excluding carboxylic acids is 1. The number of aromatic nitrogens is 1. The first-order valence-corrected chi connectivity index (χ1v) is 7.47. The van der Waals surface area contributed by atoms with Crippen molar-refractivity contribution in [2.24, 2.45) is 0 Å². The summed E-state index contributed by atoms with van der Waals surface area (Å²) in [5.74, 6) is -0.555. The molecule has 1 aromatic carbocycles. The average molecular weight is 302 g/mol. The van der Waals surface area contributed by atoms with Crippen molar-refractivity contribution in [3.8, 4) is 0 Å². The maximum absolute atomic E-state index is 12.9. The van der Waals surface area contributed by atoms with Gasteiger partial charge >= 0.3 is 0 Å². The van der Waals surface area contributed by atoms with Gasteiger partial charge in [-0.3, -0.25) is 4.79 Å². The van der Waals surface area contributed by atoms with Gasteiger partial charge in [0.25, 0.3) is 5.91 Å². The van der Waals surface area contributed by atoms with Gasteiger partial charge in [-0.1, -0.05) is 12.1 Å². The molecule has 0 radical (unpaired) electrons. The summed E-state index contributed by atoms with van der Waals surface area (Å²) in [6.45, 7) is 1.73. The molecule has 22 heavy (non-hydrogen) atoms. The quantitative estimate of drug-likeness (QED) is 0.892. The molecule has 2 N–H and O–H groups in total. The van der Waals surface area contributed by atoms with Crippen LogP contribution in [0.2, 0.25) is 0 Å². The highest BCUT2D eigenvalue weighted by atomic mass is 19.1. The highest BCUT2D eigenvalue weighted by Crippen LogP contribution is 2.36. The predicted molar refractivity (Wildman–Crippen MR) is 81.0 cm³/mol. The van der Waals surface area contributed by atoms with Crippen molar-refractivity contribution in [1.29, 1.82) is 0 Å². The molecular formula is C17H19FN2O2. The number of aliphatic hydroxyl groups is 1. The third-order valence-corrected chi connectivity index (χ3v) is 4.00. The molecule has 0 spiro atoms. The number of hydrogen-bond acceptors (Lipinski definition) is 2. The molecule has 3 rings (SSSR count). The van der Waals surface area contributed by atoms with E-state index in [-0.39, 0.29) is 11.7 Å². The topological polar surface area (TPSA) is 54.3 Å². The minimum atomic E-state index is -0.881. The second kappa shape index (κ2) is 5.93. The number of hydrogen-bond donors (Lipinski definition) is 2. The Bertz CT molecular complexity index is 662. The summed E-state index contributed by atoms with van der Waals surface area (Å²) in [5, 5.41) is 13.1. The molecule has 1 aliphatic rings. The van der Waals surface area contributed by atoms with E-state index in [1.54, 1.807) is 13.0 Å². The zero-order valence-corrected chi connectivity index (χ0v) is 12.4. The smallest absolute Gasteiger partial charge is 0.268 e. The molecule has 1 saturated carbocycles. The molecule has 1 aliphatic carbocycles. The first-order valence-electron chi connectivity index (χ1n) is 7.47. The molecule has 1 fully saturated rings. The fourth-order valence-electron chi connectivity index (χ4n) is 2.57. The van der Waals surface area contributed by atoms with Crippen molar-refractivity contribution in [3.63, 3.8) is 0 Å². The standard InChI is InChI=1S/C17H19FN2O2/c1-11(16(21)12-4-6-13(18)7-5-12)19-17(22)15-3-2-10-20(15)14-8-9-14/h2-7,10-11,14,16,21H,8-9H2,1H3,(H,19,22). The first kappa shape index (κ1) is 14.8. The highest BCUT2D eigenvalue weighted by Gasteiger charge is 2.27. The van der Waals surface area contributed by atoms with E-state index in [9.17, 15) is 14.3 Å². The van der Waals surface area contributed by atoms with Crippen LogP contribution in [0.4, 0.5) is 4.39 Å². The molecule has 2 atom stereocenters. The first-order chi connectivity index (χ1) is 10.6. The number of halogens is 1. The number of rotatable bonds is 5. The second-order valence-electron chi connectivity index (χ2n) is 5.79. The van der Waals surface area contributed by atoms with Gasteiger partial charge in [-0.2, -0.15) is 0 Å². The predicted octanol–water partition coefficient (Wildman–Crippen LogP) is 2.81. The van der Waals surface area contributed by atoms with Crippen LogP contribution in [0.15, 0.2) is 42.6 Å². The van der Waals surface area contributed by atoms with E-state index in [1.165, 1.54) is 24.3 Å². The lowest BCUT2D eigenvalue weighted by Crippen LogP contribution is -2.38. The van der Waals surface area contributed by atoms with Gasteiger partial charge in [0.15, 0.2) is 0 Å². The van der Waals surface area contributed by atoms with Crippen LogP contribution in [-0.4, -0.2) is 21.6 Å². The summed E-state index contributed by atoms with van der Waals surface area (Å²) in [6, 6.07) is 9.23. The largest absolute Gasteiger partial charge is 0.386 e. The fraction of sp³-hybridized carbons (Fsp3) is 0.353. The molecule has 2 unspecified atom stereocenters. The molecule has 1 amide bonds. The number of amides is 1. The van der Waals surface area contributed by atoms with Crippen LogP contribution in [0.3, 0.4) is 0 Å². The molecular weight excluding hydrogens is 283 g/mol. The SMILES string of the molecule is CC(NC(=O)c1cccn1C1CC1)C(O)c1ccc(F)cc1. The molecule has 116 valence electrons. The molecule has 1 heterocycles. The molecule has 1 aromatic heterocycles. The lowest BCUT2D eigenvalue weighted by molar-refractivity contribution is 0.0843. The normalized spacial score (nSPS) is 17.0. The molecule has 5 heteroatoms. The summed E-state index contributed by atoms with van der Waals surface area (Å²) in [7, 11) is 0. The summed E-state index contributed by atoms with van der Waals surface area (Å²) >= 11 is 0. The van der Waals surface area contributed by atoms with E-state index in [4.69, 9.17) is 0 Å². The molecule has 0 bridgehead atoms. The Hall–Kier alpha value is -2.14. The van der Waals surface area contributed by atoms with Gasteiger partial charge in [0, 0.05) is 12.2 Å². The second-order valence-corrected chi connectivity index (χ2v) is 5.79. The van der Waals surface area contributed by atoms with Gasteiger partial charge in [-0.25, -0.2) is 4.39 Å². The van der Waals surface area contributed by atoms with Crippen LogP contribution >= 0.6 is 0 Å². The third kappa shape index (κ3) is 3.04. The average Bonchev–Trinajstić information content (AvgIpc) is 3.24. The number of aliphatic hydroxyl groups excluding tert-OH is 1. The highest BCUT2D eigenvalue weighted by molar-refractivity contribution is 5.93. The Balaban J connectivity index is 1.67. The van der Waals surface area contributed by atoms with Crippen LogP contribution in [0.1, 0.15) is 48.0 Å². The van der Waals surface area contributed by atoms with Crippen molar-refractivity contribution in [2.45, 2.75) is 38.0 Å². The fourth-order valence-corrected chi connectivity index (χ4v) is 2.57. The van der Waals surface area contributed by atoms with Crippen LogP contribution in [0, 0.1) is 5.82 Å². The van der Waals surface area contributed by atoms with Crippen molar-refractivity contribution in [3.05, 3.63) is 59.7 Å². The van der Waals surface area contributed by atoms with Crippen LogP contribution < -0.4 is 5.32 Å². The Kier molecular flexibility index (Phi) is 3.98. The van der Waals surface area contributed by atoms with Gasteiger partial charge < -0.3 is 15.0 Å². The van der Waals surface area contributed by atoms with Crippen molar-refractivity contribution >= 4 is 5.91 Å². The van der Waals surface area contributed by atoms with Crippen LogP contribution in [0.5, 0.6) is 0 Å². The summed E-state index contributed by atoms with van der Waals surface area (Å²) in [4.78, 5) is 12.4. The summed E-state index contributed by atoms with van der Waals surface area (Å²) < 4.78 is 14.9. The molecule has 0 saturated heterocycles. The lowest BCUT2D eigenvalue weighted by atomic mass is 10.0. The Morgan fingerprint density at radius 2 is 2.00 bits per heavy atom. The zero-order valence-electron chi connectivity index (χ0n) is 12.4. The number of nitrogens with one attached hydrogen (secondary N) is 1. The zero-order chi connectivity index (χ0) is 15.7.